The fourth-order valence-electron chi connectivity index (χ4n) is 6.71. The molecule has 288 valence electrons. The SMILES string of the molecule is CC(=O)OCCCCCCCC/C=C/C[C@H]1O[C@H](COCc2ccccc2)[C@@H](OCc2ccccc2)[C@H](OCc2ccccc2)[C@H]1OCc1ccccc1. The molecule has 0 bridgehead atoms. The number of carbonyl (C=O) groups excluding carboxylic acids is 1. The lowest BCUT2D eigenvalue weighted by atomic mass is 9.92. The van der Waals surface area contributed by atoms with Gasteiger partial charge in [-0.05, 0) is 47.9 Å². The first-order valence-corrected chi connectivity index (χ1v) is 19.7. The normalized spacial score (nSPS) is 19.9. The van der Waals surface area contributed by atoms with Gasteiger partial charge in [0.15, 0.2) is 0 Å². The van der Waals surface area contributed by atoms with Crippen molar-refractivity contribution < 1.29 is 33.2 Å². The molecule has 0 unspecified atom stereocenters. The Labute approximate surface area is 322 Å². The average molecular weight is 735 g/mol. The molecule has 0 spiro atoms. The molecule has 0 radical (unpaired) electrons. The van der Waals surface area contributed by atoms with E-state index in [0.29, 0.717) is 46.1 Å². The summed E-state index contributed by atoms with van der Waals surface area (Å²) >= 11 is 0. The summed E-state index contributed by atoms with van der Waals surface area (Å²) in [5.74, 6) is -0.201. The van der Waals surface area contributed by atoms with Crippen molar-refractivity contribution in [2.24, 2.45) is 0 Å². The molecule has 1 aliphatic heterocycles. The molecule has 0 amide bonds. The number of rotatable bonds is 24. The summed E-state index contributed by atoms with van der Waals surface area (Å²) in [5, 5.41) is 0. The Morgan fingerprint density at radius 3 is 1.50 bits per heavy atom. The minimum absolute atomic E-state index is 0.201. The molecule has 0 N–H and O–H groups in total. The van der Waals surface area contributed by atoms with E-state index in [0.717, 1.165) is 54.4 Å². The highest BCUT2D eigenvalue weighted by Gasteiger charge is 2.48. The minimum Gasteiger partial charge on any atom is -0.466 e. The van der Waals surface area contributed by atoms with Crippen LogP contribution >= 0.6 is 0 Å². The van der Waals surface area contributed by atoms with Crippen molar-refractivity contribution >= 4 is 5.97 Å². The summed E-state index contributed by atoms with van der Waals surface area (Å²) in [5.41, 5.74) is 4.37. The fraction of sp³-hybridized carbons (Fsp3) is 0.426. The first kappa shape index (κ1) is 41.1. The van der Waals surface area contributed by atoms with Crippen molar-refractivity contribution in [2.75, 3.05) is 13.2 Å². The molecule has 7 nitrogen and oxygen atoms in total. The number of allylic oxidation sites excluding steroid dienone is 1. The summed E-state index contributed by atoms with van der Waals surface area (Å²) in [6, 6.07) is 41.0. The summed E-state index contributed by atoms with van der Waals surface area (Å²) in [7, 11) is 0. The number of esters is 1. The van der Waals surface area contributed by atoms with Crippen LogP contribution in [0.3, 0.4) is 0 Å². The van der Waals surface area contributed by atoms with Gasteiger partial charge in [0.1, 0.15) is 24.4 Å². The van der Waals surface area contributed by atoms with Gasteiger partial charge in [-0.1, -0.05) is 159 Å². The molecule has 1 aliphatic rings. The van der Waals surface area contributed by atoms with Gasteiger partial charge in [-0.2, -0.15) is 0 Å². The maximum atomic E-state index is 10.9. The third-order valence-electron chi connectivity index (χ3n) is 9.59. The molecule has 1 saturated heterocycles. The van der Waals surface area contributed by atoms with Crippen molar-refractivity contribution in [2.45, 2.75) is 115 Å². The number of ether oxygens (including phenoxy) is 6. The summed E-state index contributed by atoms with van der Waals surface area (Å²) in [6.07, 6.45) is 11.0. The Kier molecular flexibility index (Phi) is 18.5. The number of benzene rings is 4. The van der Waals surface area contributed by atoms with E-state index >= 15 is 0 Å². The third-order valence-corrected chi connectivity index (χ3v) is 9.59. The van der Waals surface area contributed by atoms with Gasteiger partial charge in [-0.25, -0.2) is 0 Å². The van der Waals surface area contributed by atoms with E-state index in [-0.39, 0.29) is 18.2 Å². The van der Waals surface area contributed by atoms with E-state index < -0.39 is 18.3 Å². The van der Waals surface area contributed by atoms with Crippen molar-refractivity contribution in [1.29, 1.82) is 0 Å². The Balaban J connectivity index is 1.30. The Bertz CT molecular complexity index is 1580. The van der Waals surface area contributed by atoms with Crippen LogP contribution in [0.2, 0.25) is 0 Å². The second-order valence-corrected chi connectivity index (χ2v) is 14.0. The Morgan fingerprint density at radius 1 is 0.537 bits per heavy atom. The fourth-order valence-corrected chi connectivity index (χ4v) is 6.71. The molecule has 5 atom stereocenters. The van der Waals surface area contributed by atoms with Crippen LogP contribution in [0.4, 0.5) is 0 Å². The van der Waals surface area contributed by atoms with Crippen LogP contribution in [-0.4, -0.2) is 49.7 Å². The molecule has 7 heteroatoms. The molecular formula is C47H58O7. The van der Waals surface area contributed by atoms with E-state index in [1.165, 1.54) is 19.8 Å². The van der Waals surface area contributed by atoms with Crippen LogP contribution in [0.15, 0.2) is 133 Å². The molecule has 4 aromatic rings. The van der Waals surface area contributed by atoms with Crippen molar-refractivity contribution in [1.82, 2.24) is 0 Å². The molecular weight excluding hydrogens is 677 g/mol. The van der Waals surface area contributed by atoms with Crippen LogP contribution in [0.25, 0.3) is 0 Å². The van der Waals surface area contributed by atoms with E-state index in [1.807, 2.05) is 72.8 Å². The van der Waals surface area contributed by atoms with E-state index in [1.54, 1.807) is 0 Å². The third kappa shape index (κ3) is 15.0. The monoisotopic (exact) mass is 734 g/mol. The van der Waals surface area contributed by atoms with Crippen LogP contribution in [0, 0.1) is 0 Å². The van der Waals surface area contributed by atoms with Crippen LogP contribution in [-0.2, 0) is 59.6 Å². The molecule has 1 fully saturated rings. The zero-order chi connectivity index (χ0) is 37.5. The smallest absolute Gasteiger partial charge is 0.302 e. The summed E-state index contributed by atoms with van der Waals surface area (Å²) in [4.78, 5) is 10.9. The van der Waals surface area contributed by atoms with E-state index in [2.05, 4.69) is 60.7 Å². The number of unbranched alkanes of at least 4 members (excludes halogenated alkanes) is 6. The van der Waals surface area contributed by atoms with Crippen molar-refractivity contribution in [3.63, 3.8) is 0 Å². The van der Waals surface area contributed by atoms with Gasteiger partial charge in [0.05, 0.1) is 45.7 Å². The predicted molar refractivity (Wildman–Crippen MR) is 213 cm³/mol. The van der Waals surface area contributed by atoms with Crippen LogP contribution < -0.4 is 0 Å². The highest BCUT2D eigenvalue weighted by Crippen LogP contribution is 2.32. The Hall–Kier alpha value is -4.11. The summed E-state index contributed by atoms with van der Waals surface area (Å²) in [6.45, 7) is 4.08. The minimum atomic E-state index is -0.445. The van der Waals surface area contributed by atoms with Gasteiger partial charge in [0.25, 0.3) is 0 Å². The highest BCUT2D eigenvalue weighted by molar-refractivity contribution is 5.65. The first-order chi connectivity index (χ1) is 26.7. The van der Waals surface area contributed by atoms with Crippen LogP contribution in [0.5, 0.6) is 0 Å². The molecule has 0 saturated carbocycles. The van der Waals surface area contributed by atoms with Gasteiger partial charge < -0.3 is 28.4 Å². The van der Waals surface area contributed by atoms with Gasteiger partial charge in [0, 0.05) is 6.92 Å². The highest BCUT2D eigenvalue weighted by atomic mass is 16.6. The van der Waals surface area contributed by atoms with Crippen molar-refractivity contribution in [3.05, 3.63) is 156 Å². The lowest BCUT2D eigenvalue weighted by molar-refractivity contribution is -0.271. The van der Waals surface area contributed by atoms with Gasteiger partial charge in [0.2, 0.25) is 0 Å². The average Bonchev–Trinajstić information content (AvgIpc) is 3.21. The second-order valence-electron chi connectivity index (χ2n) is 14.0. The van der Waals surface area contributed by atoms with E-state index in [9.17, 15) is 4.79 Å². The van der Waals surface area contributed by atoms with Gasteiger partial charge in [-0.15, -0.1) is 0 Å². The molecule has 54 heavy (non-hydrogen) atoms. The summed E-state index contributed by atoms with van der Waals surface area (Å²) < 4.78 is 38.9. The maximum absolute atomic E-state index is 10.9. The largest absolute Gasteiger partial charge is 0.466 e. The second kappa shape index (κ2) is 24.3. The number of carbonyl (C=O) groups is 1. The molecule has 0 aromatic heterocycles. The molecule has 0 aliphatic carbocycles. The quantitative estimate of drug-likeness (QED) is 0.0403. The zero-order valence-corrected chi connectivity index (χ0v) is 31.8. The van der Waals surface area contributed by atoms with Gasteiger partial charge >= 0.3 is 5.97 Å². The predicted octanol–water partition coefficient (Wildman–Crippen LogP) is 9.97. The first-order valence-electron chi connectivity index (χ1n) is 19.7. The standard InChI is InChI=1S/C47H58O7/c1-38(48)50-32-22-8-6-4-2-3-5-7-21-31-43-45(51-34-40-25-15-10-16-26-40)47(53-36-42-29-19-12-20-30-42)46(52-35-41-27-17-11-18-28-41)44(54-43)37-49-33-39-23-13-9-14-24-39/h7,9-21,23-30,43-47H,2-6,8,22,31-37H2,1H3/b21-7+/t43-,44-,45+,46-,47-/m1/s1. The maximum Gasteiger partial charge on any atom is 0.302 e. The topological polar surface area (TPSA) is 72.5 Å². The lowest BCUT2D eigenvalue weighted by Gasteiger charge is -2.46. The Morgan fingerprint density at radius 2 is 0.981 bits per heavy atom. The zero-order valence-electron chi connectivity index (χ0n) is 31.8. The molecule has 5 rings (SSSR count). The lowest BCUT2D eigenvalue weighted by Crippen LogP contribution is -2.61. The van der Waals surface area contributed by atoms with Crippen LogP contribution in [0.1, 0.15) is 80.5 Å². The van der Waals surface area contributed by atoms with Gasteiger partial charge in [-0.3, -0.25) is 4.79 Å². The number of hydrogen-bond acceptors (Lipinski definition) is 7. The molecule has 4 aromatic carbocycles. The van der Waals surface area contributed by atoms with E-state index in [4.69, 9.17) is 28.4 Å². The molecule has 1 heterocycles. The van der Waals surface area contributed by atoms with Crippen molar-refractivity contribution in [3.8, 4) is 0 Å². The number of hydrogen-bond donors (Lipinski definition) is 0.